The Morgan fingerprint density at radius 3 is 2.88 bits per heavy atom. The van der Waals surface area contributed by atoms with Crippen LogP contribution in [0.4, 0.5) is 10.5 Å². The van der Waals surface area contributed by atoms with Crippen LogP contribution >= 0.6 is 0 Å². The molecule has 3 N–H and O–H groups in total. The Kier molecular flexibility index (Phi) is 5.38. The van der Waals surface area contributed by atoms with Crippen LogP contribution in [0.15, 0.2) is 15.5 Å². The van der Waals surface area contributed by atoms with Crippen molar-refractivity contribution in [2.24, 2.45) is 9.50 Å². The number of likely N-dealkylation sites (tertiary alicyclic amines) is 1. The van der Waals surface area contributed by atoms with Crippen molar-refractivity contribution in [3.8, 4) is 5.88 Å². The summed E-state index contributed by atoms with van der Waals surface area (Å²) in [6, 6.07) is -0.477. The molecule has 6 rings (SSSR count). The third-order valence-corrected chi connectivity index (χ3v) is 8.98. The summed E-state index contributed by atoms with van der Waals surface area (Å²) in [5.41, 5.74) is 5.09. The Balaban J connectivity index is 1.26. The van der Waals surface area contributed by atoms with E-state index >= 15 is 0 Å². The molecule has 0 radical (unpaired) electrons. The number of aromatic nitrogens is 3. The number of amides is 2. The number of urea groups is 1. The van der Waals surface area contributed by atoms with E-state index in [-0.39, 0.29) is 10.9 Å². The van der Waals surface area contributed by atoms with Crippen molar-refractivity contribution in [3.05, 3.63) is 28.7 Å². The van der Waals surface area contributed by atoms with Gasteiger partial charge < -0.3 is 10.1 Å². The molecule has 0 saturated carbocycles. The van der Waals surface area contributed by atoms with Gasteiger partial charge in [-0.15, -0.1) is 4.36 Å². The molecule has 2 aliphatic carbocycles. The van der Waals surface area contributed by atoms with Crippen molar-refractivity contribution in [3.63, 3.8) is 0 Å². The third-order valence-electron chi connectivity index (χ3n) is 7.63. The summed E-state index contributed by atoms with van der Waals surface area (Å²) in [6.45, 7) is 5.41. The highest BCUT2D eigenvalue weighted by Crippen LogP contribution is 2.41. The second kappa shape index (κ2) is 8.31. The van der Waals surface area contributed by atoms with Gasteiger partial charge in [0.05, 0.1) is 24.5 Å². The van der Waals surface area contributed by atoms with Crippen LogP contribution in [-0.4, -0.2) is 55.6 Å². The monoisotopic (exact) mass is 485 g/mol. The minimum absolute atomic E-state index is 0.168. The first kappa shape index (κ1) is 22.0. The van der Waals surface area contributed by atoms with Gasteiger partial charge in [0.1, 0.15) is 11.5 Å². The number of rotatable bonds is 3. The fourth-order valence-electron chi connectivity index (χ4n) is 5.84. The van der Waals surface area contributed by atoms with Gasteiger partial charge in [0.15, 0.2) is 9.92 Å². The van der Waals surface area contributed by atoms with Crippen LogP contribution in [0, 0.1) is 0 Å². The van der Waals surface area contributed by atoms with E-state index in [2.05, 4.69) is 26.6 Å². The molecule has 2 amide bonds. The van der Waals surface area contributed by atoms with Crippen LogP contribution in [0.2, 0.25) is 0 Å². The Bertz CT molecular complexity index is 1270. The third kappa shape index (κ3) is 3.70. The van der Waals surface area contributed by atoms with Crippen LogP contribution in [0.25, 0.3) is 0 Å². The number of fused-ring (bicyclic) bond motifs is 3. The summed E-state index contributed by atoms with van der Waals surface area (Å²) in [6.07, 6.45) is 8.50. The number of nitrogens with zero attached hydrogens (tertiary/aromatic N) is 5. The molecule has 4 heterocycles. The fourth-order valence-corrected chi connectivity index (χ4v) is 6.85. The second-order valence-electron chi connectivity index (χ2n) is 9.86. The van der Waals surface area contributed by atoms with Crippen molar-refractivity contribution in [1.82, 2.24) is 19.7 Å². The molecule has 2 aromatic rings. The lowest BCUT2D eigenvalue weighted by Crippen LogP contribution is -2.43. The SMILES string of the molecule is CC1CCc2c1nc1c(c2NC(=O)N=S(N)(=O)c2cnn3c2OCC(N2CCCC2)C3)CCC1. The lowest BCUT2D eigenvalue weighted by molar-refractivity contribution is 0.0994. The van der Waals surface area contributed by atoms with E-state index in [0.717, 1.165) is 73.4 Å². The van der Waals surface area contributed by atoms with Gasteiger partial charge in [-0.05, 0) is 75.1 Å². The highest BCUT2D eigenvalue weighted by molar-refractivity contribution is 7.91. The van der Waals surface area contributed by atoms with Gasteiger partial charge in [-0.2, -0.15) is 5.10 Å². The number of anilines is 1. The number of ether oxygens (including phenoxy) is 1. The first-order valence-corrected chi connectivity index (χ1v) is 13.8. The molecule has 0 aromatic carbocycles. The average molecular weight is 486 g/mol. The molecule has 2 aromatic heterocycles. The quantitative estimate of drug-likeness (QED) is 0.688. The van der Waals surface area contributed by atoms with Crippen molar-refractivity contribution in [1.29, 1.82) is 0 Å². The molecule has 2 aliphatic heterocycles. The molecule has 4 aliphatic rings. The molecule has 1 fully saturated rings. The standard InChI is InChI=1S/C23H31N7O3S/c1-14-7-8-17-20(14)26-18-6-4-5-16(18)21(17)27-23(31)28-34(24,32)19-11-25-30-12-15(13-33-22(19)30)29-9-2-3-10-29/h11,14-15H,2-10,12-13H2,1H3,(H3,24,26,27,28,31,32). The van der Waals surface area contributed by atoms with Crippen molar-refractivity contribution >= 4 is 21.6 Å². The summed E-state index contributed by atoms with van der Waals surface area (Å²) in [5.74, 6) is 0.715. The molecular weight excluding hydrogens is 454 g/mol. The van der Waals surface area contributed by atoms with Gasteiger partial charge >= 0.3 is 6.03 Å². The van der Waals surface area contributed by atoms with Crippen LogP contribution in [-0.2, 0) is 35.7 Å². The molecule has 3 atom stereocenters. The summed E-state index contributed by atoms with van der Waals surface area (Å²) in [7, 11) is -3.53. The van der Waals surface area contributed by atoms with Gasteiger partial charge in [-0.25, -0.2) is 18.8 Å². The van der Waals surface area contributed by atoms with E-state index in [9.17, 15) is 9.00 Å². The van der Waals surface area contributed by atoms with E-state index in [4.69, 9.17) is 14.9 Å². The maximum absolute atomic E-state index is 13.4. The lowest BCUT2D eigenvalue weighted by Gasteiger charge is -2.31. The number of carbonyl (C=O) groups excluding carboxylic acids is 1. The summed E-state index contributed by atoms with van der Waals surface area (Å²) in [5, 5.41) is 13.4. The highest BCUT2D eigenvalue weighted by atomic mass is 32.2. The maximum atomic E-state index is 13.4. The van der Waals surface area contributed by atoms with Crippen LogP contribution in [0.1, 0.15) is 61.0 Å². The average Bonchev–Trinajstić information content (AvgIpc) is 3.60. The van der Waals surface area contributed by atoms with Gasteiger partial charge in [-0.3, -0.25) is 9.88 Å². The Labute approximate surface area is 199 Å². The predicted molar refractivity (Wildman–Crippen MR) is 127 cm³/mol. The van der Waals surface area contributed by atoms with Crippen molar-refractivity contribution < 1.29 is 13.7 Å². The van der Waals surface area contributed by atoms with Gasteiger partial charge in [0.25, 0.3) is 0 Å². The molecule has 0 spiro atoms. The Hall–Kier alpha value is -2.50. The first-order chi connectivity index (χ1) is 16.4. The largest absolute Gasteiger partial charge is 0.475 e. The number of carbonyl (C=O) groups is 1. The van der Waals surface area contributed by atoms with Crippen LogP contribution in [0.3, 0.4) is 0 Å². The summed E-state index contributed by atoms with van der Waals surface area (Å²) < 4.78 is 24.9. The Morgan fingerprint density at radius 1 is 1.24 bits per heavy atom. The number of nitrogens with two attached hydrogens (primary N) is 1. The van der Waals surface area contributed by atoms with Crippen LogP contribution in [0.5, 0.6) is 5.88 Å². The number of aryl methyl sites for hydroxylation is 1. The topological polar surface area (TPSA) is 128 Å². The normalized spacial score (nSPS) is 25.2. The molecule has 182 valence electrons. The first-order valence-electron chi connectivity index (χ1n) is 12.2. The minimum Gasteiger partial charge on any atom is -0.475 e. The molecule has 1 saturated heterocycles. The fraction of sp³-hybridized carbons (Fsp3) is 0.609. The molecular formula is C23H31N7O3S. The summed E-state index contributed by atoms with van der Waals surface area (Å²) in [4.78, 5) is 20.4. The molecule has 34 heavy (non-hydrogen) atoms. The zero-order chi connectivity index (χ0) is 23.4. The molecule has 3 unspecified atom stereocenters. The van der Waals surface area contributed by atoms with Gasteiger partial charge in [0, 0.05) is 11.4 Å². The highest BCUT2D eigenvalue weighted by Gasteiger charge is 2.33. The number of nitrogens with one attached hydrogen (secondary N) is 1. The summed E-state index contributed by atoms with van der Waals surface area (Å²) >= 11 is 0. The lowest BCUT2D eigenvalue weighted by atomic mass is 10.0. The predicted octanol–water partition coefficient (Wildman–Crippen LogP) is 2.61. The maximum Gasteiger partial charge on any atom is 0.354 e. The second-order valence-corrected chi connectivity index (χ2v) is 11.6. The van der Waals surface area contributed by atoms with E-state index in [0.29, 0.717) is 24.9 Å². The number of hydrogen-bond acceptors (Lipinski definition) is 6. The zero-order valence-corrected chi connectivity index (χ0v) is 20.3. The number of pyridine rings is 1. The Morgan fingerprint density at radius 2 is 2.06 bits per heavy atom. The smallest absolute Gasteiger partial charge is 0.354 e. The van der Waals surface area contributed by atoms with Crippen LogP contribution < -0.4 is 15.2 Å². The van der Waals surface area contributed by atoms with Gasteiger partial charge in [0.2, 0.25) is 5.88 Å². The van der Waals surface area contributed by atoms with E-state index in [1.807, 2.05) is 0 Å². The minimum atomic E-state index is -3.53. The van der Waals surface area contributed by atoms with E-state index < -0.39 is 15.9 Å². The number of hydrogen-bond donors (Lipinski definition) is 2. The molecule has 11 heteroatoms. The zero-order valence-electron chi connectivity index (χ0n) is 19.5. The van der Waals surface area contributed by atoms with Crippen molar-refractivity contribution in [2.45, 2.75) is 75.3 Å². The van der Waals surface area contributed by atoms with Gasteiger partial charge in [-0.1, -0.05) is 6.92 Å². The van der Waals surface area contributed by atoms with E-state index in [1.54, 1.807) is 4.68 Å². The van der Waals surface area contributed by atoms with E-state index in [1.165, 1.54) is 19.0 Å². The molecule has 0 bridgehead atoms. The van der Waals surface area contributed by atoms with Crippen molar-refractivity contribution in [2.75, 3.05) is 25.0 Å². The molecule has 10 nitrogen and oxygen atoms in total.